The number of aromatic nitrogens is 1. The van der Waals surface area contributed by atoms with Crippen LogP contribution in [0.2, 0.25) is 0 Å². The first kappa shape index (κ1) is 17.4. The minimum absolute atomic E-state index is 0.0647. The van der Waals surface area contributed by atoms with Crippen LogP contribution in [0.4, 0.5) is 0 Å². The Balaban J connectivity index is 1.80. The molecule has 0 bridgehead atoms. The van der Waals surface area contributed by atoms with E-state index in [9.17, 15) is 14.7 Å². The molecule has 0 fully saturated rings. The monoisotopic (exact) mass is 340 g/mol. The quantitative estimate of drug-likeness (QED) is 0.749. The highest BCUT2D eigenvalue weighted by molar-refractivity contribution is 6.02. The summed E-state index contributed by atoms with van der Waals surface area (Å²) in [5.74, 6) is -0.366. The van der Waals surface area contributed by atoms with Gasteiger partial charge >= 0.3 is 0 Å². The normalized spacial score (nSPS) is 19.4. The molecule has 25 heavy (non-hydrogen) atoms. The third-order valence-electron chi connectivity index (χ3n) is 5.11. The van der Waals surface area contributed by atoms with Crippen molar-refractivity contribution in [2.24, 2.45) is 0 Å². The van der Waals surface area contributed by atoms with Crippen molar-refractivity contribution in [2.75, 3.05) is 6.54 Å². The Hall–Kier alpha value is -2.40. The van der Waals surface area contributed by atoms with Gasteiger partial charge in [0.25, 0.3) is 5.91 Å². The second-order valence-corrected chi connectivity index (χ2v) is 6.91. The molecule has 1 atom stereocenters. The number of aryl methyl sites for hydroxylation is 2. The van der Waals surface area contributed by atoms with E-state index in [2.05, 4.69) is 10.3 Å². The highest BCUT2D eigenvalue weighted by atomic mass is 16.3. The molecule has 1 aromatic heterocycles. The summed E-state index contributed by atoms with van der Waals surface area (Å²) >= 11 is 0. The van der Waals surface area contributed by atoms with Crippen molar-refractivity contribution in [3.63, 3.8) is 0 Å². The fraction of sp³-hybridized carbons (Fsp3) is 0.400. The number of hydrogen-bond donors (Lipinski definition) is 3. The third-order valence-corrected chi connectivity index (χ3v) is 5.11. The Labute approximate surface area is 147 Å². The van der Waals surface area contributed by atoms with Gasteiger partial charge in [0.15, 0.2) is 5.78 Å². The number of aromatic amines is 1. The highest BCUT2D eigenvalue weighted by Gasteiger charge is 2.34. The van der Waals surface area contributed by atoms with Crippen LogP contribution in [-0.4, -0.2) is 28.3 Å². The van der Waals surface area contributed by atoms with E-state index in [1.165, 1.54) is 6.92 Å². The lowest BCUT2D eigenvalue weighted by molar-refractivity contribution is 0.0189. The van der Waals surface area contributed by atoms with Gasteiger partial charge in [-0.05, 0) is 56.7 Å². The number of rotatable bonds is 4. The SMILES string of the molecule is CC(=O)c1c(C)[nH]c(C(=O)NC[C@]2(O)CCCc3ccccc32)c1C. The molecular weight excluding hydrogens is 316 g/mol. The van der Waals surface area contributed by atoms with Gasteiger partial charge in [0.1, 0.15) is 11.3 Å². The van der Waals surface area contributed by atoms with Gasteiger partial charge in [-0.3, -0.25) is 9.59 Å². The van der Waals surface area contributed by atoms with Crippen LogP contribution < -0.4 is 5.32 Å². The van der Waals surface area contributed by atoms with Crippen molar-refractivity contribution in [1.29, 1.82) is 0 Å². The predicted octanol–water partition coefficient (Wildman–Crippen LogP) is 2.79. The summed E-state index contributed by atoms with van der Waals surface area (Å²) in [5, 5.41) is 13.9. The molecule has 0 radical (unpaired) electrons. The third kappa shape index (κ3) is 3.12. The maximum atomic E-state index is 12.6. The predicted molar refractivity (Wildman–Crippen MR) is 95.9 cm³/mol. The first-order valence-electron chi connectivity index (χ1n) is 8.62. The molecule has 132 valence electrons. The molecule has 0 aliphatic heterocycles. The summed E-state index contributed by atoms with van der Waals surface area (Å²) in [4.78, 5) is 27.3. The van der Waals surface area contributed by atoms with Crippen molar-refractivity contribution in [3.8, 4) is 0 Å². The van der Waals surface area contributed by atoms with E-state index >= 15 is 0 Å². The molecule has 0 saturated heterocycles. The summed E-state index contributed by atoms with van der Waals surface area (Å²) in [5.41, 5.74) is 3.27. The van der Waals surface area contributed by atoms with Crippen molar-refractivity contribution < 1.29 is 14.7 Å². The summed E-state index contributed by atoms with van der Waals surface area (Å²) in [6, 6.07) is 7.84. The maximum Gasteiger partial charge on any atom is 0.268 e. The smallest absolute Gasteiger partial charge is 0.268 e. The van der Waals surface area contributed by atoms with Crippen LogP contribution in [0.5, 0.6) is 0 Å². The van der Waals surface area contributed by atoms with Crippen LogP contribution in [0.15, 0.2) is 24.3 Å². The van der Waals surface area contributed by atoms with Crippen LogP contribution >= 0.6 is 0 Å². The second kappa shape index (κ2) is 6.48. The Morgan fingerprint density at radius 2 is 2.00 bits per heavy atom. The molecule has 1 aromatic carbocycles. The number of fused-ring (bicyclic) bond motifs is 1. The fourth-order valence-corrected chi connectivity index (χ4v) is 3.90. The van der Waals surface area contributed by atoms with Gasteiger partial charge in [-0.2, -0.15) is 0 Å². The summed E-state index contributed by atoms with van der Waals surface area (Å²) < 4.78 is 0. The molecule has 2 aromatic rings. The van der Waals surface area contributed by atoms with E-state index in [1.807, 2.05) is 24.3 Å². The van der Waals surface area contributed by atoms with Crippen molar-refractivity contribution in [2.45, 2.75) is 45.6 Å². The first-order chi connectivity index (χ1) is 11.8. The molecule has 3 N–H and O–H groups in total. The molecule has 0 unspecified atom stereocenters. The number of ketones is 1. The van der Waals surface area contributed by atoms with E-state index in [-0.39, 0.29) is 18.2 Å². The molecular formula is C20H24N2O3. The molecule has 5 heteroatoms. The fourth-order valence-electron chi connectivity index (χ4n) is 3.90. The zero-order valence-electron chi connectivity index (χ0n) is 14.9. The average molecular weight is 340 g/mol. The molecule has 1 aliphatic rings. The molecule has 3 rings (SSSR count). The number of carbonyl (C=O) groups excluding carboxylic acids is 2. The van der Waals surface area contributed by atoms with Crippen LogP contribution in [0.3, 0.4) is 0 Å². The van der Waals surface area contributed by atoms with E-state index < -0.39 is 5.60 Å². The number of hydrogen-bond acceptors (Lipinski definition) is 3. The van der Waals surface area contributed by atoms with E-state index in [1.54, 1.807) is 13.8 Å². The number of aliphatic hydroxyl groups is 1. The van der Waals surface area contributed by atoms with E-state index in [0.717, 1.165) is 24.0 Å². The Morgan fingerprint density at radius 1 is 1.28 bits per heavy atom. The summed E-state index contributed by atoms with van der Waals surface area (Å²) in [6.07, 6.45) is 2.45. The standard InChI is InChI=1S/C20H24N2O3/c1-12-17(14(3)23)13(2)22-18(12)19(24)21-11-20(25)10-6-8-15-7-4-5-9-16(15)20/h4-5,7,9,22,25H,6,8,10-11H2,1-3H3,(H,21,24)/t20-/m1/s1. The van der Waals surface area contributed by atoms with Gasteiger partial charge in [0.05, 0.1) is 6.54 Å². The first-order valence-corrected chi connectivity index (χ1v) is 8.62. The van der Waals surface area contributed by atoms with Gasteiger partial charge in [-0.15, -0.1) is 0 Å². The number of H-pyrrole nitrogens is 1. The van der Waals surface area contributed by atoms with Crippen molar-refractivity contribution in [3.05, 3.63) is 57.9 Å². The van der Waals surface area contributed by atoms with Gasteiger partial charge in [-0.1, -0.05) is 24.3 Å². The zero-order valence-corrected chi connectivity index (χ0v) is 14.9. The van der Waals surface area contributed by atoms with Gasteiger partial charge in [0, 0.05) is 11.3 Å². The number of benzene rings is 1. The van der Waals surface area contributed by atoms with Crippen LogP contribution in [-0.2, 0) is 12.0 Å². The van der Waals surface area contributed by atoms with Crippen LogP contribution in [0.1, 0.15) is 63.0 Å². The van der Waals surface area contributed by atoms with Gasteiger partial charge in [0.2, 0.25) is 0 Å². The van der Waals surface area contributed by atoms with Crippen LogP contribution in [0, 0.1) is 13.8 Å². The molecule has 5 nitrogen and oxygen atoms in total. The minimum Gasteiger partial charge on any atom is -0.383 e. The van der Waals surface area contributed by atoms with Crippen molar-refractivity contribution in [1.82, 2.24) is 10.3 Å². The minimum atomic E-state index is -1.05. The Kier molecular flexibility index (Phi) is 4.52. The number of nitrogens with one attached hydrogen (secondary N) is 2. The molecule has 0 saturated carbocycles. The second-order valence-electron chi connectivity index (χ2n) is 6.91. The number of amides is 1. The highest BCUT2D eigenvalue weighted by Crippen LogP contribution is 2.34. The summed E-state index contributed by atoms with van der Waals surface area (Å²) in [6.45, 7) is 5.19. The number of carbonyl (C=O) groups is 2. The number of Topliss-reactive ketones (excluding diaryl/α,β-unsaturated/α-hetero) is 1. The lowest BCUT2D eigenvalue weighted by Crippen LogP contribution is -2.43. The van der Waals surface area contributed by atoms with Gasteiger partial charge in [-0.25, -0.2) is 0 Å². The Morgan fingerprint density at radius 3 is 2.68 bits per heavy atom. The van der Waals surface area contributed by atoms with E-state index in [0.29, 0.717) is 28.9 Å². The summed E-state index contributed by atoms with van der Waals surface area (Å²) in [7, 11) is 0. The lowest BCUT2D eigenvalue weighted by Gasteiger charge is -2.34. The van der Waals surface area contributed by atoms with Gasteiger partial charge < -0.3 is 15.4 Å². The average Bonchev–Trinajstić information content (AvgIpc) is 2.88. The van der Waals surface area contributed by atoms with E-state index in [4.69, 9.17) is 0 Å². The molecule has 0 spiro atoms. The maximum absolute atomic E-state index is 12.6. The largest absolute Gasteiger partial charge is 0.383 e. The molecule has 1 aliphatic carbocycles. The zero-order chi connectivity index (χ0) is 18.2. The Bertz CT molecular complexity index is 837. The van der Waals surface area contributed by atoms with Crippen LogP contribution in [0.25, 0.3) is 0 Å². The molecule has 1 heterocycles. The lowest BCUT2D eigenvalue weighted by atomic mass is 9.79. The van der Waals surface area contributed by atoms with Crippen molar-refractivity contribution >= 4 is 11.7 Å². The topological polar surface area (TPSA) is 82.2 Å². The molecule has 1 amide bonds.